The Kier molecular flexibility index (Phi) is 3.61. The molecule has 3 aliphatic rings. The van der Waals surface area contributed by atoms with Crippen molar-refractivity contribution in [1.29, 1.82) is 0 Å². The highest BCUT2D eigenvalue weighted by atomic mass is 19.1. The monoisotopic (exact) mass is 364 g/mol. The highest BCUT2D eigenvalue weighted by Crippen LogP contribution is 2.50. The summed E-state index contributed by atoms with van der Waals surface area (Å²) >= 11 is 0. The summed E-state index contributed by atoms with van der Waals surface area (Å²) in [4.78, 5) is 27.3. The molecule has 0 radical (unpaired) electrons. The molecule has 2 aliphatic carbocycles. The van der Waals surface area contributed by atoms with Crippen molar-refractivity contribution in [3.05, 3.63) is 59.4 Å². The predicted octanol–water partition coefficient (Wildman–Crippen LogP) is 3.80. The summed E-state index contributed by atoms with van der Waals surface area (Å²) in [5, 5.41) is 2.96. The number of nitrogens with zero attached hydrogens (tertiary/aromatic N) is 1. The number of hydrogen-bond acceptors (Lipinski definition) is 2. The van der Waals surface area contributed by atoms with Gasteiger partial charge in [-0.3, -0.25) is 9.59 Å². The Morgan fingerprint density at radius 3 is 2.59 bits per heavy atom. The van der Waals surface area contributed by atoms with Crippen LogP contribution in [0.25, 0.3) is 0 Å². The molecule has 5 heteroatoms. The Bertz CT molecular complexity index is 947. The van der Waals surface area contributed by atoms with Crippen LogP contribution in [0.5, 0.6) is 0 Å². The molecule has 0 spiro atoms. The van der Waals surface area contributed by atoms with Crippen LogP contribution in [0.4, 0.5) is 15.8 Å². The molecular formula is C22H21FN2O2. The Morgan fingerprint density at radius 2 is 1.89 bits per heavy atom. The fourth-order valence-corrected chi connectivity index (χ4v) is 4.08. The molecule has 138 valence electrons. The maximum absolute atomic E-state index is 14.2. The van der Waals surface area contributed by atoms with Crippen molar-refractivity contribution in [1.82, 2.24) is 0 Å². The average molecular weight is 364 g/mol. The minimum atomic E-state index is -0.770. The molecule has 2 fully saturated rings. The molecule has 0 aromatic heterocycles. The number of benzene rings is 2. The fraction of sp³-hybridized carbons (Fsp3) is 0.364. The molecule has 2 amide bonds. The van der Waals surface area contributed by atoms with E-state index in [1.807, 2.05) is 23.1 Å². The zero-order valence-corrected chi connectivity index (χ0v) is 15.0. The maximum Gasteiger partial charge on any atom is 0.235 e. The van der Waals surface area contributed by atoms with Gasteiger partial charge in [0, 0.05) is 29.4 Å². The van der Waals surface area contributed by atoms with Crippen LogP contribution < -0.4 is 10.2 Å². The molecule has 27 heavy (non-hydrogen) atoms. The van der Waals surface area contributed by atoms with E-state index < -0.39 is 5.41 Å². The standard InChI is InChI=1S/C22H21FN2O2/c23-18-4-2-1-3-17(18)22(10-11-22)21(27)24-16-8-7-14-9-12-25(19(14)13-16)20(26)15-5-6-15/h1-4,7-8,13,15H,5-6,9-12H2,(H,24,27). The zero-order chi connectivity index (χ0) is 18.6. The van der Waals surface area contributed by atoms with Crippen LogP contribution in [0.1, 0.15) is 36.8 Å². The Morgan fingerprint density at radius 1 is 1.11 bits per heavy atom. The summed E-state index contributed by atoms with van der Waals surface area (Å²) < 4.78 is 14.2. The van der Waals surface area contributed by atoms with Gasteiger partial charge < -0.3 is 10.2 Å². The second kappa shape index (κ2) is 5.91. The molecule has 0 bridgehead atoms. The van der Waals surface area contributed by atoms with Crippen LogP contribution in [0.15, 0.2) is 42.5 Å². The lowest BCUT2D eigenvalue weighted by atomic mass is 9.94. The third-order valence-electron chi connectivity index (χ3n) is 6.01. The first-order valence-corrected chi connectivity index (χ1v) is 9.59. The number of rotatable bonds is 4. The van der Waals surface area contributed by atoms with Crippen molar-refractivity contribution < 1.29 is 14.0 Å². The molecule has 0 saturated heterocycles. The maximum atomic E-state index is 14.2. The van der Waals surface area contributed by atoms with E-state index in [4.69, 9.17) is 0 Å². The fourth-order valence-electron chi connectivity index (χ4n) is 4.08. The molecule has 4 nitrogen and oxygen atoms in total. The number of nitrogens with one attached hydrogen (secondary N) is 1. The van der Waals surface area contributed by atoms with Crippen LogP contribution in [-0.4, -0.2) is 18.4 Å². The van der Waals surface area contributed by atoms with Gasteiger partial charge in [-0.2, -0.15) is 0 Å². The van der Waals surface area contributed by atoms with Crippen LogP contribution in [-0.2, 0) is 21.4 Å². The Hall–Kier alpha value is -2.69. The lowest BCUT2D eigenvalue weighted by Gasteiger charge is -2.19. The number of fused-ring (bicyclic) bond motifs is 1. The van der Waals surface area contributed by atoms with Gasteiger partial charge >= 0.3 is 0 Å². The summed E-state index contributed by atoms with van der Waals surface area (Å²) in [5.74, 6) is -0.141. The highest BCUT2D eigenvalue weighted by molar-refractivity contribution is 6.03. The number of amides is 2. The predicted molar refractivity (Wildman–Crippen MR) is 101 cm³/mol. The number of halogens is 1. The summed E-state index contributed by atoms with van der Waals surface area (Å²) in [6, 6.07) is 12.2. The van der Waals surface area contributed by atoms with Gasteiger partial charge in [-0.05, 0) is 55.9 Å². The molecule has 2 aromatic carbocycles. The van der Waals surface area contributed by atoms with Crippen molar-refractivity contribution in [2.45, 2.75) is 37.5 Å². The quantitative estimate of drug-likeness (QED) is 0.897. The van der Waals surface area contributed by atoms with Gasteiger partial charge in [0.1, 0.15) is 5.82 Å². The van der Waals surface area contributed by atoms with E-state index in [1.54, 1.807) is 18.2 Å². The van der Waals surface area contributed by atoms with E-state index in [2.05, 4.69) is 5.32 Å². The van der Waals surface area contributed by atoms with Crippen molar-refractivity contribution in [3.63, 3.8) is 0 Å². The topological polar surface area (TPSA) is 49.4 Å². The van der Waals surface area contributed by atoms with Gasteiger partial charge in [-0.25, -0.2) is 4.39 Å². The van der Waals surface area contributed by atoms with Gasteiger partial charge in [0.15, 0.2) is 0 Å². The van der Waals surface area contributed by atoms with Gasteiger partial charge in [0.2, 0.25) is 11.8 Å². The van der Waals surface area contributed by atoms with Crippen LogP contribution in [0.2, 0.25) is 0 Å². The van der Waals surface area contributed by atoms with E-state index in [9.17, 15) is 14.0 Å². The minimum Gasteiger partial charge on any atom is -0.325 e. The smallest absolute Gasteiger partial charge is 0.235 e. The number of carbonyl (C=O) groups is 2. The SMILES string of the molecule is O=C(C1CC1)N1CCc2ccc(NC(=O)C3(c4ccccc4F)CC3)cc21. The third-order valence-corrected chi connectivity index (χ3v) is 6.01. The first-order valence-electron chi connectivity index (χ1n) is 9.59. The number of anilines is 2. The van der Waals surface area contributed by atoms with E-state index in [-0.39, 0.29) is 23.5 Å². The Balaban J connectivity index is 1.39. The molecule has 1 aliphatic heterocycles. The first-order chi connectivity index (χ1) is 13.1. The van der Waals surface area contributed by atoms with Crippen molar-refractivity contribution in [2.75, 3.05) is 16.8 Å². The lowest BCUT2D eigenvalue weighted by Crippen LogP contribution is -2.30. The normalized spacial score (nSPS) is 19.5. The minimum absolute atomic E-state index is 0.171. The van der Waals surface area contributed by atoms with Gasteiger partial charge in [-0.15, -0.1) is 0 Å². The average Bonchev–Trinajstić information content (AvgIpc) is 3.58. The van der Waals surface area contributed by atoms with E-state index in [1.165, 1.54) is 6.07 Å². The molecular weight excluding hydrogens is 343 g/mol. The lowest BCUT2D eigenvalue weighted by molar-refractivity contribution is -0.120. The summed E-state index contributed by atoms with van der Waals surface area (Å²) in [5.41, 5.74) is 2.40. The van der Waals surface area contributed by atoms with E-state index in [0.717, 1.165) is 30.5 Å². The largest absolute Gasteiger partial charge is 0.325 e. The van der Waals surface area contributed by atoms with Crippen LogP contribution in [0, 0.1) is 11.7 Å². The highest BCUT2D eigenvalue weighted by Gasteiger charge is 2.52. The third kappa shape index (κ3) is 2.73. The first kappa shape index (κ1) is 16.5. The molecule has 2 aromatic rings. The van der Waals surface area contributed by atoms with E-state index in [0.29, 0.717) is 30.6 Å². The molecule has 1 heterocycles. The molecule has 1 N–H and O–H groups in total. The molecule has 5 rings (SSSR count). The summed E-state index contributed by atoms with van der Waals surface area (Å²) in [7, 11) is 0. The zero-order valence-electron chi connectivity index (χ0n) is 15.0. The van der Waals surface area contributed by atoms with Crippen LogP contribution >= 0.6 is 0 Å². The van der Waals surface area contributed by atoms with E-state index >= 15 is 0 Å². The molecule has 0 unspecified atom stereocenters. The number of carbonyl (C=O) groups excluding carboxylic acids is 2. The second-order valence-electron chi connectivity index (χ2n) is 7.87. The van der Waals surface area contributed by atoms with Gasteiger partial charge in [0.05, 0.1) is 5.41 Å². The van der Waals surface area contributed by atoms with Gasteiger partial charge in [-0.1, -0.05) is 24.3 Å². The number of hydrogen-bond donors (Lipinski definition) is 1. The molecule has 2 saturated carbocycles. The molecule has 0 atom stereocenters. The van der Waals surface area contributed by atoms with Gasteiger partial charge in [0.25, 0.3) is 0 Å². The summed E-state index contributed by atoms with van der Waals surface area (Å²) in [6.07, 6.45) is 4.10. The van der Waals surface area contributed by atoms with Crippen LogP contribution in [0.3, 0.4) is 0 Å². The van der Waals surface area contributed by atoms with Crippen molar-refractivity contribution in [2.24, 2.45) is 5.92 Å². The van der Waals surface area contributed by atoms with Crippen molar-refractivity contribution in [3.8, 4) is 0 Å². The van der Waals surface area contributed by atoms with Crippen molar-refractivity contribution >= 4 is 23.2 Å². The second-order valence-corrected chi connectivity index (χ2v) is 7.87. The Labute approximate surface area is 157 Å². The summed E-state index contributed by atoms with van der Waals surface area (Å²) in [6.45, 7) is 0.710.